The Kier molecular flexibility index (Phi) is 3.48. The van der Waals surface area contributed by atoms with Crippen LogP contribution in [0.25, 0.3) is 6.08 Å². The molecule has 0 aliphatic carbocycles. The molecule has 0 saturated carbocycles. The van der Waals surface area contributed by atoms with Crippen LogP contribution in [0.5, 0.6) is 0 Å². The van der Waals surface area contributed by atoms with Crippen molar-refractivity contribution in [2.75, 3.05) is 5.32 Å². The number of carbonyl (C=O) groups is 1. The zero-order valence-corrected chi connectivity index (χ0v) is 10.4. The van der Waals surface area contributed by atoms with Gasteiger partial charge in [-0.2, -0.15) is 5.26 Å². The number of hydrogen-bond donors (Lipinski definition) is 1. The van der Waals surface area contributed by atoms with Gasteiger partial charge in [0.1, 0.15) is 28.9 Å². The Labute approximate surface area is 109 Å². The smallest absolute Gasteiger partial charge is 0.267 e. The third-order valence-corrected chi connectivity index (χ3v) is 2.28. The third-order valence-electron chi connectivity index (χ3n) is 2.28. The summed E-state index contributed by atoms with van der Waals surface area (Å²) >= 11 is 0. The number of nitriles is 1. The average Bonchev–Trinajstić information content (AvgIpc) is 2.95. The fourth-order valence-corrected chi connectivity index (χ4v) is 1.43. The lowest BCUT2D eigenvalue weighted by molar-refractivity contribution is -0.112. The van der Waals surface area contributed by atoms with Crippen LogP contribution in [0.3, 0.4) is 0 Å². The van der Waals surface area contributed by atoms with Crippen LogP contribution in [-0.4, -0.2) is 11.1 Å². The van der Waals surface area contributed by atoms with E-state index in [1.807, 2.05) is 6.07 Å². The highest BCUT2D eigenvalue weighted by atomic mass is 16.5. The summed E-state index contributed by atoms with van der Waals surface area (Å²) < 4.78 is 10.1. The van der Waals surface area contributed by atoms with Gasteiger partial charge in [-0.15, -0.1) is 0 Å². The van der Waals surface area contributed by atoms with Crippen LogP contribution in [-0.2, 0) is 4.79 Å². The number of nitrogens with zero attached hydrogens (tertiary/aromatic N) is 2. The van der Waals surface area contributed by atoms with E-state index < -0.39 is 5.91 Å². The van der Waals surface area contributed by atoms with E-state index in [1.165, 1.54) is 6.08 Å². The molecule has 0 atom stereocenters. The molecule has 2 aromatic rings. The molecule has 6 nitrogen and oxygen atoms in total. The van der Waals surface area contributed by atoms with Crippen LogP contribution >= 0.6 is 0 Å². The molecule has 0 fully saturated rings. The molecule has 0 radical (unpaired) electrons. The lowest BCUT2D eigenvalue weighted by atomic mass is 10.2. The Balaban J connectivity index is 2.16. The van der Waals surface area contributed by atoms with Gasteiger partial charge >= 0.3 is 0 Å². The van der Waals surface area contributed by atoms with Crippen molar-refractivity contribution in [2.45, 2.75) is 13.8 Å². The Morgan fingerprint density at radius 2 is 2.21 bits per heavy atom. The van der Waals surface area contributed by atoms with E-state index in [1.54, 1.807) is 32.0 Å². The molecule has 1 amide bonds. The van der Waals surface area contributed by atoms with Crippen molar-refractivity contribution in [3.63, 3.8) is 0 Å². The van der Waals surface area contributed by atoms with Gasteiger partial charge in [0.05, 0.1) is 0 Å². The second-order valence-electron chi connectivity index (χ2n) is 3.90. The van der Waals surface area contributed by atoms with Crippen LogP contribution < -0.4 is 5.32 Å². The summed E-state index contributed by atoms with van der Waals surface area (Å²) in [5.41, 5.74) is -0.0741. The van der Waals surface area contributed by atoms with Crippen LogP contribution in [0.15, 0.2) is 32.7 Å². The van der Waals surface area contributed by atoms with Crippen LogP contribution in [0.1, 0.15) is 17.3 Å². The fourth-order valence-electron chi connectivity index (χ4n) is 1.43. The summed E-state index contributed by atoms with van der Waals surface area (Å²) in [5.74, 6) is 1.42. The van der Waals surface area contributed by atoms with E-state index >= 15 is 0 Å². The SMILES string of the molecule is Cc1cc(NC(=O)/C(C#N)=C\c2ccc(C)o2)no1. The second-order valence-corrected chi connectivity index (χ2v) is 3.90. The maximum Gasteiger partial charge on any atom is 0.267 e. The minimum absolute atomic E-state index is 0.0741. The highest BCUT2D eigenvalue weighted by Crippen LogP contribution is 2.13. The minimum atomic E-state index is -0.565. The Bertz CT molecular complexity index is 673. The van der Waals surface area contributed by atoms with Gasteiger partial charge < -0.3 is 14.3 Å². The van der Waals surface area contributed by atoms with Gasteiger partial charge in [-0.3, -0.25) is 4.79 Å². The number of aryl methyl sites for hydroxylation is 2. The lowest BCUT2D eigenvalue weighted by Gasteiger charge is -1.98. The van der Waals surface area contributed by atoms with E-state index in [-0.39, 0.29) is 11.4 Å². The van der Waals surface area contributed by atoms with Crippen LogP contribution in [0.2, 0.25) is 0 Å². The van der Waals surface area contributed by atoms with E-state index in [0.717, 1.165) is 0 Å². The highest BCUT2D eigenvalue weighted by molar-refractivity contribution is 6.09. The van der Waals surface area contributed by atoms with Crippen molar-refractivity contribution in [2.24, 2.45) is 0 Å². The topological polar surface area (TPSA) is 92.1 Å². The van der Waals surface area contributed by atoms with Gasteiger partial charge in [0.15, 0.2) is 5.82 Å². The first-order chi connectivity index (χ1) is 9.08. The molecule has 2 heterocycles. The maximum absolute atomic E-state index is 11.8. The summed E-state index contributed by atoms with van der Waals surface area (Å²) in [6.07, 6.45) is 1.37. The van der Waals surface area contributed by atoms with Gasteiger partial charge in [-0.05, 0) is 26.0 Å². The largest absolute Gasteiger partial charge is 0.462 e. The Morgan fingerprint density at radius 3 is 2.74 bits per heavy atom. The van der Waals surface area contributed by atoms with Crippen LogP contribution in [0.4, 0.5) is 5.82 Å². The molecular formula is C13H11N3O3. The molecule has 96 valence electrons. The molecule has 2 aromatic heterocycles. The predicted octanol–water partition coefficient (Wildman–Crippen LogP) is 2.43. The van der Waals surface area contributed by atoms with E-state index in [4.69, 9.17) is 14.2 Å². The molecule has 0 spiro atoms. The molecular weight excluding hydrogens is 246 g/mol. The monoisotopic (exact) mass is 257 g/mol. The summed E-state index contributed by atoms with van der Waals surface area (Å²) in [6.45, 7) is 3.48. The van der Waals surface area contributed by atoms with Gasteiger partial charge in [0.25, 0.3) is 5.91 Å². The first-order valence-electron chi connectivity index (χ1n) is 5.51. The normalized spacial score (nSPS) is 11.1. The van der Waals surface area contributed by atoms with Gasteiger partial charge in [0, 0.05) is 12.1 Å². The van der Waals surface area contributed by atoms with Gasteiger partial charge in [-0.25, -0.2) is 0 Å². The van der Waals surface area contributed by atoms with Crippen molar-refractivity contribution in [1.82, 2.24) is 5.16 Å². The summed E-state index contributed by atoms with van der Waals surface area (Å²) in [5, 5.41) is 15.1. The number of hydrogen-bond acceptors (Lipinski definition) is 5. The van der Waals surface area contributed by atoms with Crippen LogP contribution in [0, 0.1) is 25.2 Å². The van der Waals surface area contributed by atoms with E-state index in [0.29, 0.717) is 17.3 Å². The van der Waals surface area contributed by atoms with E-state index in [2.05, 4.69) is 10.5 Å². The first-order valence-corrected chi connectivity index (χ1v) is 5.51. The fraction of sp³-hybridized carbons (Fsp3) is 0.154. The second kappa shape index (κ2) is 5.23. The molecule has 0 aromatic carbocycles. The molecule has 0 aliphatic heterocycles. The van der Waals surface area contributed by atoms with Crippen molar-refractivity contribution >= 4 is 17.8 Å². The number of aromatic nitrogens is 1. The standard InChI is InChI=1S/C13H11N3O3/c1-8-3-4-11(18-8)6-10(7-14)13(17)15-12-5-9(2)19-16-12/h3-6H,1-2H3,(H,15,16,17)/b10-6-. The predicted molar refractivity (Wildman–Crippen MR) is 66.9 cm³/mol. The summed E-state index contributed by atoms with van der Waals surface area (Å²) in [6, 6.07) is 6.81. The number of rotatable bonds is 3. The van der Waals surface area contributed by atoms with Gasteiger partial charge in [0.2, 0.25) is 0 Å². The van der Waals surface area contributed by atoms with Gasteiger partial charge in [-0.1, -0.05) is 5.16 Å². The number of anilines is 1. The lowest BCUT2D eigenvalue weighted by Crippen LogP contribution is -2.13. The van der Waals surface area contributed by atoms with E-state index in [9.17, 15) is 4.79 Å². The number of nitrogens with one attached hydrogen (secondary N) is 1. The Hall–Kier alpha value is -2.81. The molecule has 0 saturated heterocycles. The van der Waals surface area contributed by atoms with Crippen molar-refractivity contribution in [3.8, 4) is 6.07 Å². The average molecular weight is 257 g/mol. The van der Waals surface area contributed by atoms with Crippen molar-refractivity contribution < 1.29 is 13.7 Å². The molecule has 6 heteroatoms. The Morgan fingerprint density at radius 1 is 1.42 bits per heavy atom. The first kappa shape index (κ1) is 12.6. The molecule has 0 unspecified atom stereocenters. The quantitative estimate of drug-likeness (QED) is 0.673. The maximum atomic E-state index is 11.8. The minimum Gasteiger partial charge on any atom is -0.462 e. The number of furan rings is 1. The molecule has 0 aliphatic rings. The summed E-state index contributed by atoms with van der Waals surface area (Å²) in [4.78, 5) is 11.8. The zero-order valence-electron chi connectivity index (χ0n) is 10.4. The third kappa shape index (κ3) is 3.10. The molecule has 2 rings (SSSR count). The van der Waals surface area contributed by atoms with Crippen molar-refractivity contribution in [1.29, 1.82) is 5.26 Å². The molecule has 1 N–H and O–H groups in total. The molecule has 0 bridgehead atoms. The molecule has 19 heavy (non-hydrogen) atoms. The zero-order chi connectivity index (χ0) is 13.8. The number of amides is 1. The van der Waals surface area contributed by atoms with Crippen molar-refractivity contribution in [3.05, 3.63) is 41.1 Å². The number of carbonyl (C=O) groups excluding carboxylic acids is 1. The highest BCUT2D eigenvalue weighted by Gasteiger charge is 2.12. The summed E-state index contributed by atoms with van der Waals surface area (Å²) in [7, 11) is 0.